The maximum atomic E-state index is 12.1. The Morgan fingerprint density at radius 3 is 2.65 bits per heavy atom. The van der Waals surface area contributed by atoms with Crippen LogP contribution >= 0.6 is 0 Å². The molecule has 0 aliphatic heterocycles. The maximum Gasteiger partial charge on any atom is 0.251 e. The second-order valence-corrected chi connectivity index (χ2v) is 4.74. The van der Waals surface area contributed by atoms with Gasteiger partial charge in [0.05, 0.1) is 6.20 Å². The number of hydrogen-bond donors (Lipinski definition) is 2. The second kappa shape index (κ2) is 6.34. The van der Waals surface area contributed by atoms with E-state index in [-0.39, 0.29) is 11.9 Å². The summed E-state index contributed by atoms with van der Waals surface area (Å²) in [7, 11) is 0. The van der Waals surface area contributed by atoms with E-state index in [0.29, 0.717) is 18.0 Å². The molecule has 0 aliphatic rings. The number of oxazole rings is 1. The lowest BCUT2D eigenvalue weighted by Crippen LogP contribution is -2.26. The Hall–Kier alpha value is -2.14. The summed E-state index contributed by atoms with van der Waals surface area (Å²) in [5, 5.41) is 2.86. The summed E-state index contributed by atoms with van der Waals surface area (Å²) < 4.78 is 5.39. The van der Waals surface area contributed by atoms with Crippen molar-refractivity contribution in [2.45, 2.75) is 26.3 Å². The molecule has 106 valence electrons. The molecule has 0 saturated heterocycles. The molecule has 5 heteroatoms. The number of amides is 1. The zero-order chi connectivity index (χ0) is 14.5. The molecule has 3 N–H and O–H groups in total. The van der Waals surface area contributed by atoms with Gasteiger partial charge in [-0.3, -0.25) is 4.79 Å². The second-order valence-electron chi connectivity index (χ2n) is 4.74. The predicted molar refractivity (Wildman–Crippen MR) is 76.3 cm³/mol. The number of carbonyl (C=O) groups is 1. The molecule has 1 aromatic heterocycles. The molecule has 0 fully saturated rings. The Morgan fingerprint density at radius 1 is 1.40 bits per heavy atom. The molecule has 1 atom stereocenters. The van der Waals surface area contributed by atoms with Crippen molar-refractivity contribution in [3.8, 4) is 0 Å². The molecule has 1 heterocycles. The number of rotatable bonds is 5. The van der Waals surface area contributed by atoms with Crippen LogP contribution in [0.3, 0.4) is 0 Å². The van der Waals surface area contributed by atoms with Crippen molar-refractivity contribution in [3.63, 3.8) is 0 Å². The first-order chi connectivity index (χ1) is 9.60. The molecule has 0 radical (unpaired) electrons. The summed E-state index contributed by atoms with van der Waals surface area (Å²) in [5.41, 5.74) is 7.23. The Balaban J connectivity index is 2.00. The van der Waals surface area contributed by atoms with E-state index in [0.717, 1.165) is 17.7 Å². The maximum absolute atomic E-state index is 12.1. The fourth-order valence-electron chi connectivity index (χ4n) is 1.90. The molecule has 1 amide bonds. The zero-order valence-corrected chi connectivity index (χ0v) is 11.7. The van der Waals surface area contributed by atoms with Gasteiger partial charge in [0, 0.05) is 5.56 Å². The van der Waals surface area contributed by atoms with Crippen molar-refractivity contribution in [2.24, 2.45) is 5.73 Å². The SMILES string of the molecule is Cc1cnc(C(C)NC(=O)c2ccc(CCN)cc2)o1. The first-order valence-corrected chi connectivity index (χ1v) is 6.62. The predicted octanol–water partition coefficient (Wildman–Crippen LogP) is 1.98. The number of nitrogens with one attached hydrogen (secondary N) is 1. The number of aromatic nitrogens is 1. The smallest absolute Gasteiger partial charge is 0.251 e. The molecular formula is C15H19N3O2. The minimum Gasteiger partial charge on any atom is -0.444 e. The lowest BCUT2D eigenvalue weighted by molar-refractivity contribution is 0.0934. The molecule has 0 aliphatic carbocycles. The zero-order valence-electron chi connectivity index (χ0n) is 11.7. The normalized spacial score (nSPS) is 12.2. The molecule has 2 aromatic rings. The summed E-state index contributed by atoms with van der Waals surface area (Å²) in [5.74, 6) is 1.09. The average molecular weight is 273 g/mol. The van der Waals surface area contributed by atoms with Crippen molar-refractivity contribution in [1.29, 1.82) is 0 Å². The van der Waals surface area contributed by atoms with E-state index in [2.05, 4.69) is 10.3 Å². The van der Waals surface area contributed by atoms with E-state index in [4.69, 9.17) is 10.2 Å². The molecule has 0 spiro atoms. The van der Waals surface area contributed by atoms with Crippen molar-refractivity contribution in [3.05, 3.63) is 53.2 Å². The van der Waals surface area contributed by atoms with Crippen molar-refractivity contribution >= 4 is 5.91 Å². The van der Waals surface area contributed by atoms with Gasteiger partial charge in [0.2, 0.25) is 5.89 Å². The molecule has 1 unspecified atom stereocenters. The van der Waals surface area contributed by atoms with Crippen LogP contribution < -0.4 is 11.1 Å². The number of hydrogen-bond acceptors (Lipinski definition) is 4. The summed E-state index contributed by atoms with van der Waals surface area (Å²) >= 11 is 0. The van der Waals surface area contributed by atoms with Gasteiger partial charge in [-0.1, -0.05) is 12.1 Å². The van der Waals surface area contributed by atoms with Crippen LogP contribution in [0.5, 0.6) is 0 Å². The van der Waals surface area contributed by atoms with E-state index >= 15 is 0 Å². The van der Waals surface area contributed by atoms with E-state index in [1.54, 1.807) is 18.3 Å². The van der Waals surface area contributed by atoms with Crippen LogP contribution in [0, 0.1) is 6.92 Å². The molecule has 2 rings (SSSR count). The number of nitrogens with two attached hydrogens (primary N) is 1. The summed E-state index contributed by atoms with van der Waals surface area (Å²) in [4.78, 5) is 16.2. The molecular weight excluding hydrogens is 254 g/mol. The minimum absolute atomic E-state index is 0.146. The Bertz CT molecular complexity index is 575. The summed E-state index contributed by atoms with van der Waals surface area (Å²) in [6, 6.07) is 7.17. The van der Waals surface area contributed by atoms with Gasteiger partial charge < -0.3 is 15.5 Å². The van der Waals surface area contributed by atoms with E-state index in [1.807, 2.05) is 26.0 Å². The van der Waals surface area contributed by atoms with E-state index in [1.165, 1.54) is 0 Å². The summed E-state index contributed by atoms with van der Waals surface area (Å²) in [6.07, 6.45) is 2.45. The average Bonchev–Trinajstić information content (AvgIpc) is 2.86. The Labute approximate surface area is 118 Å². The highest BCUT2D eigenvalue weighted by atomic mass is 16.4. The molecule has 5 nitrogen and oxygen atoms in total. The number of benzene rings is 1. The van der Waals surface area contributed by atoms with Gasteiger partial charge in [-0.15, -0.1) is 0 Å². The number of aryl methyl sites for hydroxylation is 1. The lowest BCUT2D eigenvalue weighted by atomic mass is 10.1. The molecule has 0 saturated carbocycles. The minimum atomic E-state index is -0.264. The van der Waals surface area contributed by atoms with Crippen molar-refractivity contribution in [2.75, 3.05) is 6.54 Å². The van der Waals surface area contributed by atoms with Gasteiger partial charge in [-0.05, 0) is 44.5 Å². The van der Waals surface area contributed by atoms with Crippen LogP contribution in [0.15, 0.2) is 34.9 Å². The van der Waals surface area contributed by atoms with Crippen molar-refractivity contribution < 1.29 is 9.21 Å². The van der Waals surface area contributed by atoms with Gasteiger partial charge in [-0.2, -0.15) is 0 Å². The van der Waals surface area contributed by atoms with Crippen LogP contribution in [0.1, 0.15) is 40.5 Å². The van der Waals surface area contributed by atoms with Crippen LogP contribution in [-0.4, -0.2) is 17.4 Å². The summed E-state index contributed by atoms with van der Waals surface area (Å²) in [6.45, 7) is 4.26. The highest BCUT2D eigenvalue weighted by molar-refractivity contribution is 5.94. The standard InChI is InChI=1S/C15H19N3O2/c1-10-9-17-15(20-10)11(2)18-14(19)13-5-3-12(4-6-13)7-8-16/h3-6,9,11H,7-8,16H2,1-2H3,(H,18,19). The first kappa shape index (κ1) is 14.3. The van der Waals surface area contributed by atoms with Gasteiger partial charge in [0.1, 0.15) is 11.8 Å². The fraction of sp³-hybridized carbons (Fsp3) is 0.333. The topological polar surface area (TPSA) is 81.2 Å². The third kappa shape index (κ3) is 3.45. The third-order valence-corrected chi connectivity index (χ3v) is 3.01. The molecule has 20 heavy (non-hydrogen) atoms. The first-order valence-electron chi connectivity index (χ1n) is 6.62. The Morgan fingerprint density at radius 2 is 2.10 bits per heavy atom. The molecule has 1 aromatic carbocycles. The molecule has 0 bridgehead atoms. The highest BCUT2D eigenvalue weighted by Gasteiger charge is 2.15. The lowest BCUT2D eigenvalue weighted by Gasteiger charge is -2.10. The van der Waals surface area contributed by atoms with Gasteiger partial charge in [-0.25, -0.2) is 4.98 Å². The van der Waals surface area contributed by atoms with Crippen LogP contribution in [0.2, 0.25) is 0 Å². The largest absolute Gasteiger partial charge is 0.444 e. The van der Waals surface area contributed by atoms with Crippen LogP contribution in [0.25, 0.3) is 0 Å². The fourth-order valence-corrected chi connectivity index (χ4v) is 1.90. The van der Waals surface area contributed by atoms with Gasteiger partial charge in [0.15, 0.2) is 0 Å². The highest BCUT2D eigenvalue weighted by Crippen LogP contribution is 2.13. The van der Waals surface area contributed by atoms with Gasteiger partial charge in [0.25, 0.3) is 5.91 Å². The van der Waals surface area contributed by atoms with Crippen LogP contribution in [-0.2, 0) is 6.42 Å². The van der Waals surface area contributed by atoms with Gasteiger partial charge >= 0.3 is 0 Å². The number of nitrogens with zero attached hydrogens (tertiary/aromatic N) is 1. The van der Waals surface area contributed by atoms with Crippen LogP contribution in [0.4, 0.5) is 0 Å². The van der Waals surface area contributed by atoms with E-state index in [9.17, 15) is 4.79 Å². The monoisotopic (exact) mass is 273 g/mol. The number of carbonyl (C=O) groups excluding carboxylic acids is 1. The van der Waals surface area contributed by atoms with Crippen molar-refractivity contribution in [1.82, 2.24) is 10.3 Å². The van der Waals surface area contributed by atoms with E-state index < -0.39 is 0 Å². The quantitative estimate of drug-likeness (QED) is 0.872. The Kier molecular flexibility index (Phi) is 4.53. The third-order valence-electron chi connectivity index (χ3n) is 3.01.